The van der Waals surface area contributed by atoms with E-state index < -0.39 is 12.0 Å². The molecule has 0 fully saturated rings. The van der Waals surface area contributed by atoms with Gasteiger partial charge in [-0.15, -0.1) is 0 Å². The number of carbonyl (C=O) groups excluding carboxylic acids is 1. The molecule has 1 atom stereocenters. The molecule has 2 aromatic carbocycles. The Morgan fingerprint density at radius 3 is 2.27 bits per heavy atom. The third-order valence-corrected chi connectivity index (χ3v) is 3.20. The van der Waals surface area contributed by atoms with Crippen LogP contribution in [0.1, 0.15) is 11.1 Å². The molecule has 116 valence electrons. The quantitative estimate of drug-likeness (QED) is 0.833. The molecule has 22 heavy (non-hydrogen) atoms. The van der Waals surface area contributed by atoms with E-state index in [0.29, 0.717) is 18.8 Å². The fraction of sp³-hybridized carbons (Fsp3) is 0.235. The Hall–Kier alpha value is -2.40. The molecule has 0 saturated heterocycles. The minimum absolute atomic E-state index is 0.268. The Morgan fingerprint density at radius 1 is 1.09 bits per heavy atom. The lowest BCUT2D eigenvalue weighted by Gasteiger charge is -2.10. The van der Waals surface area contributed by atoms with E-state index in [1.165, 1.54) is 19.2 Å². The molecule has 2 aromatic rings. The highest BCUT2D eigenvalue weighted by molar-refractivity contribution is 5.75. The second kappa shape index (κ2) is 7.56. The van der Waals surface area contributed by atoms with Crippen molar-refractivity contribution >= 4 is 5.97 Å². The zero-order chi connectivity index (χ0) is 15.9. The lowest BCUT2D eigenvalue weighted by molar-refractivity contribution is -0.142. The second-order valence-corrected chi connectivity index (χ2v) is 4.89. The molecule has 2 rings (SSSR count). The average molecular weight is 303 g/mol. The SMILES string of the molecule is COC(=O)C(N)Cc1ccc(OCc2ccc(F)cc2)cc1. The van der Waals surface area contributed by atoms with Crippen LogP contribution in [0, 0.1) is 5.82 Å². The van der Waals surface area contributed by atoms with Crippen LogP contribution >= 0.6 is 0 Å². The van der Waals surface area contributed by atoms with E-state index in [0.717, 1.165) is 11.1 Å². The van der Waals surface area contributed by atoms with E-state index in [2.05, 4.69) is 4.74 Å². The summed E-state index contributed by atoms with van der Waals surface area (Å²) >= 11 is 0. The van der Waals surface area contributed by atoms with Gasteiger partial charge in [0.15, 0.2) is 0 Å². The van der Waals surface area contributed by atoms with Gasteiger partial charge in [-0.3, -0.25) is 4.79 Å². The summed E-state index contributed by atoms with van der Waals surface area (Å²) in [5, 5.41) is 0. The predicted octanol–water partition coefficient (Wildman–Crippen LogP) is 2.45. The van der Waals surface area contributed by atoms with Crippen LogP contribution < -0.4 is 10.5 Å². The first-order valence-corrected chi connectivity index (χ1v) is 6.88. The number of benzene rings is 2. The van der Waals surface area contributed by atoms with E-state index >= 15 is 0 Å². The van der Waals surface area contributed by atoms with Gasteiger partial charge < -0.3 is 15.2 Å². The van der Waals surface area contributed by atoms with Crippen LogP contribution in [0.3, 0.4) is 0 Å². The topological polar surface area (TPSA) is 61.5 Å². The standard InChI is InChI=1S/C17H18FNO3/c1-21-17(20)16(19)10-12-4-8-15(9-5-12)22-11-13-2-6-14(18)7-3-13/h2-9,16H,10-11,19H2,1H3. The zero-order valence-corrected chi connectivity index (χ0v) is 12.3. The van der Waals surface area contributed by atoms with Crippen molar-refractivity contribution in [2.75, 3.05) is 7.11 Å². The van der Waals surface area contributed by atoms with Gasteiger partial charge in [0.05, 0.1) is 7.11 Å². The molecule has 2 N–H and O–H groups in total. The molecule has 0 spiro atoms. The Labute approximate surface area is 128 Å². The molecule has 0 aliphatic rings. The van der Waals surface area contributed by atoms with Gasteiger partial charge in [-0.1, -0.05) is 24.3 Å². The molecular formula is C17H18FNO3. The maximum atomic E-state index is 12.8. The van der Waals surface area contributed by atoms with E-state index in [4.69, 9.17) is 10.5 Å². The third kappa shape index (κ3) is 4.56. The highest BCUT2D eigenvalue weighted by atomic mass is 19.1. The van der Waals surface area contributed by atoms with Crippen molar-refractivity contribution in [3.63, 3.8) is 0 Å². The third-order valence-electron chi connectivity index (χ3n) is 3.20. The largest absolute Gasteiger partial charge is 0.489 e. The number of rotatable bonds is 6. The van der Waals surface area contributed by atoms with Crippen LogP contribution in [0.4, 0.5) is 4.39 Å². The van der Waals surface area contributed by atoms with Crippen molar-refractivity contribution in [3.8, 4) is 5.75 Å². The molecule has 0 aliphatic carbocycles. The van der Waals surface area contributed by atoms with Crippen LogP contribution in [-0.4, -0.2) is 19.1 Å². The number of esters is 1. The Bertz CT molecular complexity index is 611. The minimum atomic E-state index is -0.670. The first-order valence-electron chi connectivity index (χ1n) is 6.88. The summed E-state index contributed by atoms with van der Waals surface area (Å²) in [5.74, 6) is -0.00796. The number of methoxy groups -OCH3 is 1. The van der Waals surface area contributed by atoms with Gasteiger partial charge in [-0.05, 0) is 41.8 Å². The minimum Gasteiger partial charge on any atom is -0.489 e. The molecule has 0 saturated carbocycles. The number of halogens is 1. The molecule has 0 amide bonds. The normalized spacial score (nSPS) is 11.8. The number of nitrogens with two attached hydrogens (primary N) is 1. The van der Waals surface area contributed by atoms with Crippen LogP contribution in [0.15, 0.2) is 48.5 Å². The Kier molecular flexibility index (Phi) is 5.49. The maximum Gasteiger partial charge on any atom is 0.322 e. The maximum absolute atomic E-state index is 12.8. The van der Waals surface area contributed by atoms with Crippen molar-refractivity contribution in [2.24, 2.45) is 5.73 Å². The molecule has 0 aromatic heterocycles. The summed E-state index contributed by atoms with van der Waals surface area (Å²) in [4.78, 5) is 11.3. The van der Waals surface area contributed by atoms with Crippen LogP contribution in [0.25, 0.3) is 0 Å². The van der Waals surface area contributed by atoms with E-state index in [1.807, 2.05) is 24.3 Å². The molecular weight excluding hydrogens is 285 g/mol. The van der Waals surface area contributed by atoms with Gasteiger partial charge in [-0.25, -0.2) is 4.39 Å². The van der Waals surface area contributed by atoms with Gasteiger partial charge in [-0.2, -0.15) is 0 Å². The second-order valence-electron chi connectivity index (χ2n) is 4.89. The number of carbonyl (C=O) groups is 1. The van der Waals surface area contributed by atoms with E-state index in [9.17, 15) is 9.18 Å². The molecule has 1 unspecified atom stereocenters. The Morgan fingerprint density at radius 2 is 1.68 bits per heavy atom. The van der Waals surface area contributed by atoms with Crippen molar-refractivity contribution in [2.45, 2.75) is 19.1 Å². The summed E-state index contributed by atoms with van der Waals surface area (Å²) < 4.78 is 23.0. The first kappa shape index (κ1) is 16.0. The predicted molar refractivity (Wildman–Crippen MR) is 80.9 cm³/mol. The number of hydrogen-bond acceptors (Lipinski definition) is 4. The summed E-state index contributed by atoms with van der Waals surface area (Å²) in [5.41, 5.74) is 7.52. The summed E-state index contributed by atoms with van der Waals surface area (Å²) in [6.45, 7) is 0.362. The van der Waals surface area contributed by atoms with Gasteiger partial charge in [0.2, 0.25) is 0 Å². The van der Waals surface area contributed by atoms with Gasteiger partial charge in [0.25, 0.3) is 0 Å². The monoisotopic (exact) mass is 303 g/mol. The molecule has 0 bridgehead atoms. The number of ether oxygens (including phenoxy) is 2. The van der Waals surface area contributed by atoms with Crippen LogP contribution in [0.2, 0.25) is 0 Å². The molecule has 0 heterocycles. The lowest BCUT2D eigenvalue weighted by atomic mass is 10.1. The van der Waals surface area contributed by atoms with Crippen molar-refractivity contribution in [1.29, 1.82) is 0 Å². The first-order chi connectivity index (χ1) is 10.6. The smallest absolute Gasteiger partial charge is 0.322 e. The van der Waals surface area contributed by atoms with E-state index in [1.54, 1.807) is 12.1 Å². The Balaban J connectivity index is 1.89. The molecule has 5 heteroatoms. The van der Waals surface area contributed by atoms with E-state index in [-0.39, 0.29) is 5.82 Å². The fourth-order valence-corrected chi connectivity index (χ4v) is 1.96. The van der Waals surface area contributed by atoms with Gasteiger partial charge in [0, 0.05) is 0 Å². The molecule has 4 nitrogen and oxygen atoms in total. The lowest BCUT2D eigenvalue weighted by Crippen LogP contribution is -2.33. The average Bonchev–Trinajstić information content (AvgIpc) is 2.55. The summed E-state index contributed by atoms with van der Waals surface area (Å²) in [6, 6.07) is 12.8. The summed E-state index contributed by atoms with van der Waals surface area (Å²) in [7, 11) is 1.31. The van der Waals surface area contributed by atoms with Crippen molar-refractivity contribution < 1.29 is 18.7 Å². The van der Waals surface area contributed by atoms with Crippen LogP contribution in [-0.2, 0) is 22.6 Å². The zero-order valence-electron chi connectivity index (χ0n) is 12.3. The van der Waals surface area contributed by atoms with Crippen molar-refractivity contribution in [3.05, 3.63) is 65.5 Å². The highest BCUT2D eigenvalue weighted by Crippen LogP contribution is 2.15. The molecule has 0 aliphatic heterocycles. The highest BCUT2D eigenvalue weighted by Gasteiger charge is 2.13. The van der Waals surface area contributed by atoms with Crippen LogP contribution in [0.5, 0.6) is 5.75 Å². The summed E-state index contributed by atoms with van der Waals surface area (Å²) in [6.07, 6.45) is 0.408. The fourth-order valence-electron chi connectivity index (χ4n) is 1.96. The number of hydrogen-bond donors (Lipinski definition) is 1. The van der Waals surface area contributed by atoms with Gasteiger partial charge >= 0.3 is 5.97 Å². The van der Waals surface area contributed by atoms with Crippen molar-refractivity contribution in [1.82, 2.24) is 0 Å². The molecule has 0 radical (unpaired) electrons. The van der Waals surface area contributed by atoms with Gasteiger partial charge in [0.1, 0.15) is 24.2 Å².